The molecule has 2 heterocycles. The number of hydrogen-bond donors (Lipinski definition) is 1. The van der Waals surface area contributed by atoms with Gasteiger partial charge in [0.15, 0.2) is 18.1 Å². The second kappa shape index (κ2) is 6.99. The van der Waals surface area contributed by atoms with E-state index in [1.165, 1.54) is 17.8 Å². The number of carbonyl (C=O) groups excluding carboxylic acids is 2. The van der Waals surface area contributed by atoms with Gasteiger partial charge in [-0.3, -0.25) is 4.79 Å². The zero-order valence-corrected chi connectivity index (χ0v) is 15.0. The van der Waals surface area contributed by atoms with Crippen LogP contribution < -0.4 is 14.8 Å². The van der Waals surface area contributed by atoms with Crippen LogP contribution in [0.2, 0.25) is 0 Å². The molecule has 136 valence electrons. The van der Waals surface area contributed by atoms with E-state index in [1.807, 2.05) is 0 Å². The number of fused-ring (bicyclic) bond motifs is 1. The predicted octanol–water partition coefficient (Wildman–Crippen LogP) is 3.98. The van der Waals surface area contributed by atoms with Crippen LogP contribution in [-0.2, 0) is 9.53 Å². The van der Waals surface area contributed by atoms with Gasteiger partial charge in [-0.15, -0.1) is 11.3 Å². The van der Waals surface area contributed by atoms with Gasteiger partial charge in [0.25, 0.3) is 11.7 Å². The third-order valence-electron chi connectivity index (χ3n) is 4.49. The second-order valence-electron chi connectivity index (χ2n) is 6.44. The van der Waals surface area contributed by atoms with Crippen molar-refractivity contribution in [3.05, 3.63) is 40.6 Å². The molecule has 2 aromatic rings. The van der Waals surface area contributed by atoms with Gasteiger partial charge in [-0.05, 0) is 36.4 Å². The lowest BCUT2D eigenvalue weighted by molar-refractivity contribution is -0.119. The average Bonchev–Trinajstić information content (AvgIpc) is 3.28. The number of nitrogens with one attached hydrogen (secondary N) is 1. The highest BCUT2D eigenvalue weighted by molar-refractivity contribution is 7.11. The van der Waals surface area contributed by atoms with E-state index < -0.39 is 17.7 Å². The topological polar surface area (TPSA) is 73.9 Å². The van der Waals surface area contributed by atoms with E-state index >= 15 is 0 Å². The van der Waals surface area contributed by atoms with E-state index in [0.29, 0.717) is 22.1 Å². The summed E-state index contributed by atoms with van der Waals surface area (Å²) in [5, 5.41) is 4.50. The SMILES string of the molecule is O=C(COC(=O)c1cccs1)Nc1ccc2c(c1)OC1(CCCCC1)O2. The number of rotatable bonds is 4. The van der Waals surface area contributed by atoms with Gasteiger partial charge in [-0.2, -0.15) is 0 Å². The van der Waals surface area contributed by atoms with Crippen molar-refractivity contribution in [2.45, 2.75) is 37.9 Å². The molecule has 0 radical (unpaired) electrons. The van der Waals surface area contributed by atoms with Crippen LogP contribution in [0.15, 0.2) is 35.7 Å². The first-order chi connectivity index (χ1) is 12.6. The summed E-state index contributed by atoms with van der Waals surface area (Å²) in [5.74, 6) is -0.102. The van der Waals surface area contributed by atoms with Crippen LogP contribution in [0.5, 0.6) is 11.5 Å². The molecule has 0 atom stereocenters. The molecule has 26 heavy (non-hydrogen) atoms. The Hall–Kier alpha value is -2.54. The van der Waals surface area contributed by atoms with Gasteiger partial charge in [-0.1, -0.05) is 12.5 Å². The molecule has 1 spiro atoms. The Balaban J connectivity index is 1.34. The van der Waals surface area contributed by atoms with Crippen molar-refractivity contribution >= 4 is 28.9 Å². The van der Waals surface area contributed by atoms with Crippen LogP contribution in [0.1, 0.15) is 41.8 Å². The van der Waals surface area contributed by atoms with E-state index in [-0.39, 0.29) is 6.61 Å². The zero-order chi connectivity index (χ0) is 18.0. The molecule has 6 nitrogen and oxygen atoms in total. The number of thiophene rings is 1. The summed E-state index contributed by atoms with van der Waals surface area (Å²) >= 11 is 1.27. The standard InChI is InChI=1S/C19H19NO5S/c21-17(12-23-18(22)16-5-4-10-26-16)20-13-6-7-14-15(11-13)25-19(24-14)8-2-1-3-9-19/h4-7,10-11H,1-3,8-9,12H2,(H,20,21). The molecule has 1 aliphatic heterocycles. The summed E-state index contributed by atoms with van der Waals surface area (Å²) in [5.41, 5.74) is 0.581. The number of amides is 1. The lowest BCUT2D eigenvalue weighted by Gasteiger charge is -2.31. The summed E-state index contributed by atoms with van der Waals surface area (Å²) in [6.45, 7) is -0.338. The summed E-state index contributed by atoms with van der Waals surface area (Å²) in [7, 11) is 0. The first-order valence-electron chi connectivity index (χ1n) is 8.66. The number of benzene rings is 1. The quantitative estimate of drug-likeness (QED) is 0.821. The van der Waals surface area contributed by atoms with Gasteiger partial charge in [-0.25, -0.2) is 4.79 Å². The summed E-state index contributed by atoms with van der Waals surface area (Å²) in [6, 6.07) is 8.71. The van der Waals surface area contributed by atoms with Crippen LogP contribution >= 0.6 is 11.3 Å². The van der Waals surface area contributed by atoms with E-state index in [4.69, 9.17) is 14.2 Å². The molecule has 1 N–H and O–H groups in total. The van der Waals surface area contributed by atoms with E-state index in [1.54, 1.807) is 35.7 Å². The van der Waals surface area contributed by atoms with Crippen molar-refractivity contribution in [1.82, 2.24) is 0 Å². The van der Waals surface area contributed by atoms with Crippen molar-refractivity contribution in [2.75, 3.05) is 11.9 Å². The van der Waals surface area contributed by atoms with Crippen LogP contribution in [0.25, 0.3) is 0 Å². The minimum Gasteiger partial charge on any atom is -0.451 e. The lowest BCUT2D eigenvalue weighted by Crippen LogP contribution is -2.40. The minimum atomic E-state index is -0.542. The molecule has 0 bridgehead atoms. The number of anilines is 1. The number of hydrogen-bond acceptors (Lipinski definition) is 6. The first-order valence-corrected chi connectivity index (χ1v) is 9.54. The van der Waals surface area contributed by atoms with E-state index in [9.17, 15) is 9.59 Å². The molecule has 1 aromatic heterocycles. The number of esters is 1. The normalized spacial score (nSPS) is 17.1. The van der Waals surface area contributed by atoms with Crippen molar-refractivity contribution in [2.24, 2.45) is 0 Å². The Bertz CT molecular complexity index is 811. The molecule has 1 amide bonds. The van der Waals surface area contributed by atoms with Crippen LogP contribution in [-0.4, -0.2) is 24.3 Å². The Labute approximate surface area is 155 Å². The molecule has 1 fully saturated rings. The highest BCUT2D eigenvalue weighted by Crippen LogP contribution is 2.46. The molecule has 1 aliphatic carbocycles. The maximum Gasteiger partial charge on any atom is 0.348 e. The average molecular weight is 373 g/mol. The first kappa shape index (κ1) is 16.9. The highest BCUT2D eigenvalue weighted by atomic mass is 32.1. The molecule has 4 rings (SSSR count). The molecular formula is C19H19NO5S. The fourth-order valence-electron chi connectivity index (χ4n) is 3.26. The predicted molar refractivity (Wildman–Crippen MR) is 96.7 cm³/mol. The summed E-state index contributed by atoms with van der Waals surface area (Å²) < 4.78 is 17.1. The number of ether oxygens (including phenoxy) is 3. The van der Waals surface area contributed by atoms with Crippen molar-refractivity contribution in [3.63, 3.8) is 0 Å². The van der Waals surface area contributed by atoms with Gasteiger partial charge >= 0.3 is 5.97 Å². The fraction of sp³-hybridized carbons (Fsp3) is 0.368. The molecule has 1 aromatic carbocycles. The minimum absolute atomic E-state index is 0.338. The van der Waals surface area contributed by atoms with Gasteiger partial charge in [0, 0.05) is 24.6 Å². The molecule has 0 unspecified atom stereocenters. The van der Waals surface area contributed by atoms with Gasteiger partial charge in [0.1, 0.15) is 4.88 Å². The van der Waals surface area contributed by atoms with Crippen LogP contribution in [0.4, 0.5) is 5.69 Å². The van der Waals surface area contributed by atoms with Crippen molar-refractivity contribution in [1.29, 1.82) is 0 Å². The lowest BCUT2D eigenvalue weighted by atomic mass is 9.94. The Morgan fingerprint density at radius 2 is 1.92 bits per heavy atom. The Morgan fingerprint density at radius 1 is 1.12 bits per heavy atom. The van der Waals surface area contributed by atoms with Crippen molar-refractivity contribution in [3.8, 4) is 11.5 Å². The third kappa shape index (κ3) is 3.53. The fourth-order valence-corrected chi connectivity index (χ4v) is 3.88. The van der Waals surface area contributed by atoms with E-state index in [0.717, 1.165) is 25.7 Å². The maximum absolute atomic E-state index is 12.0. The Kier molecular flexibility index (Phi) is 4.55. The van der Waals surface area contributed by atoms with Gasteiger partial charge in [0.2, 0.25) is 0 Å². The molecule has 0 saturated heterocycles. The zero-order valence-electron chi connectivity index (χ0n) is 14.2. The monoisotopic (exact) mass is 373 g/mol. The summed E-state index contributed by atoms with van der Waals surface area (Å²) in [6.07, 6.45) is 5.14. The highest BCUT2D eigenvalue weighted by Gasteiger charge is 2.42. The molecule has 2 aliphatic rings. The second-order valence-corrected chi connectivity index (χ2v) is 7.39. The number of carbonyl (C=O) groups is 2. The van der Waals surface area contributed by atoms with Crippen LogP contribution in [0, 0.1) is 0 Å². The molecule has 1 saturated carbocycles. The van der Waals surface area contributed by atoms with E-state index in [2.05, 4.69) is 5.32 Å². The van der Waals surface area contributed by atoms with Gasteiger partial charge < -0.3 is 19.5 Å². The third-order valence-corrected chi connectivity index (χ3v) is 5.34. The largest absolute Gasteiger partial charge is 0.451 e. The van der Waals surface area contributed by atoms with Crippen LogP contribution in [0.3, 0.4) is 0 Å². The van der Waals surface area contributed by atoms with Crippen molar-refractivity contribution < 1.29 is 23.8 Å². The Morgan fingerprint density at radius 3 is 2.69 bits per heavy atom. The molecule has 7 heteroatoms. The maximum atomic E-state index is 12.0. The summed E-state index contributed by atoms with van der Waals surface area (Å²) in [4.78, 5) is 24.3. The smallest absolute Gasteiger partial charge is 0.348 e. The van der Waals surface area contributed by atoms with Gasteiger partial charge in [0.05, 0.1) is 0 Å². The molecular weight excluding hydrogens is 354 g/mol.